The van der Waals surface area contributed by atoms with Crippen molar-refractivity contribution in [2.24, 2.45) is 0 Å². The quantitative estimate of drug-likeness (QED) is 0.885. The highest BCUT2D eigenvalue weighted by Crippen LogP contribution is 2.31. The second-order valence-corrected chi connectivity index (χ2v) is 6.56. The lowest BCUT2D eigenvalue weighted by atomic mass is 9.85. The van der Waals surface area contributed by atoms with Gasteiger partial charge in [-0.2, -0.15) is 13.2 Å². The third-order valence-corrected chi connectivity index (χ3v) is 4.80. The second-order valence-electron chi connectivity index (χ2n) is 6.56. The highest BCUT2D eigenvalue weighted by atomic mass is 19.4. The van der Waals surface area contributed by atoms with E-state index in [-0.39, 0.29) is 0 Å². The number of piperidine rings is 1. The Labute approximate surface area is 149 Å². The number of benzene rings is 1. The number of aromatic nitrogens is 2. The lowest BCUT2D eigenvalue weighted by Gasteiger charge is -2.41. The van der Waals surface area contributed by atoms with E-state index in [2.05, 4.69) is 15.2 Å². The summed E-state index contributed by atoms with van der Waals surface area (Å²) in [5.41, 5.74) is 0.138. The van der Waals surface area contributed by atoms with Crippen molar-refractivity contribution in [2.75, 3.05) is 19.6 Å². The number of halogens is 3. The van der Waals surface area contributed by atoms with Crippen LogP contribution in [0.5, 0.6) is 0 Å². The van der Waals surface area contributed by atoms with Crippen molar-refractivity contribution >= 4 is 5.91 Å². The van der Waals surface area contributed by atoms with Crippen molar-refractivity contribution in [3.8, 4) is 0 Å². The Balaban J connectivity index is 1.70. The molecule has 5 nitrogen and oxygen atoms in total. The summed E-state index contributed by atoms with van der Waals surface area (Å²) in [6.07, 6.45) is 1.11. The highest BCUT2D eigenvalue weighted by Gasteiger charge is 2.44. The predicted octanol–water partition coefficient (Wildman–Crippen LogP) is 2.55. The van der Waals surface area contributed by atoms with Crippen LogP contribution in [-0.4, -0.2) is 46.2 Å². The number of hydrogen-bond acceptors (Lipinski definition) is 3. The van der Waals surface area contributed by atoms with E-state index in [9.17, 15) is 18.0 Å². The zero-order chi connectivity index (χ0) is 18.6. The van der Waals surface area contributed by atoms with Gasteiger partial charge in [-0.05, 0) is 18.4 Å². The molecule has 2 aromatic rings. The van der Waals surface area contributed by atoms with Crippen molar-refractivity contribution in [3.05, 3.63) is 54.6 Å². The molecule has 0 unspecified atom stereocenters. The number of nitrogens with zero attached hydrogens (tertiary/aromatic N) is 3. The van der Waals surface area contributed by atoms with Crippen LogP contribution in [0.25, 0.3) is 0 Å². The van der Waals surface area contributed by atoms with E-state index in [0.29, 0.717) is 25.9 Å². The molecule has 140 valence electrons. The van der Waals surface area contributed by atoms with Crippen LogP contribution >= 0.6 is 0 Å². The third-order valence-electron chi connectivity index (χ3n) is 4.80. The molecule has 0 atom stereocenters. The first-order valence-electron chi connectivity index (χ1n) is 8.49. The van der Waals surface area contributed by atoms with E-state index in [4.69, 9.17) is 0 Å². The molecule has 0 spiro atoms. The minimum atomic E-state index is -4.43. The van der Waals surface area contributed by atoms with Crippen LogP contribution in [0.3, 0.4) is 0 Å². The molecule has 2 heterocycles. The van der Waals surface area contributed by atoms with Crippen molar-refractivity contribution in [3.63, 3.8) is 0 Å². The number of hydrogen-bond donors (Lipinski definition) is 1. The average Bonchev–Trinajstić information content (AvgIpc) is 3.16. The molecular formula is C18H21F3N4O. The van der Waals surface area contributed by atoms with Gasteiger partial charge in [0.15, 0.2) is 0 Å². The SMILES string of the molecule is O=C(NCC(F)(F)F)C1(n2ccnc2)CCN(Cc2ccccc2)CC1. The van der Waals surface area contributed by atoms with E-state index in [1.165, 1.54) is 18.1 Å². The lowest BCUT2D eigenvalue weighted by molar-refractivity contribution is -0.145. The summed E-state index contributed by atoms with van der Waals surface area (Å²) in [6, 6.07) is 9.97. The van der Waals surface area contributed by atoms with E-state index in [1.54, 1.807) is 10.8 Å². The van der Waals surface area contributed by atoms with Crippen LogP contribution in [0.2, 0.25) is 0 Å². The maximum absolute atomic E-state index is 12.7. The molecule has 8 heteroatoms. The Morgan fingerprint density at radius 2 is 1.88 bits per heavy atom. The largest absolute Gasteiger partial charge is 0.405 e. The number of imidazole rings is 1. The molecule has 0 bridgehead atoms. The summed E-state index contributed by atoms with van der Waals surface area (Å²) < 4.78 is 39.2. The molecule has 1 amide bonds. The topological polar surface area (TPSA) is 50.2 Å². The summed E-state index contributed by atoms with van der Waals surface area (Å²) in [5.74, 6) is -0.604. The number of rotatable bonds is 5. The minimum Gasteiger partial charge on any atom is -0.345 e. The van der Waals surface area contributed by atoms with Gasteiger partial charge in [0.05, 0.1) is 6.33 Å². The smallest absolute Gasteiger partial charge is 0.345 e. The van der Waals surface area contributed by atoms with Gasteiger partial charge >= 0.3 is 6.18 Å². The second kappa shape index (κ2) is 7.49. The van der Waals surface area contributed by atoms with Crippen LogP contribution in [0, 0.1) is 0 Å². The Kier molecular flexibility index (Phi) is 5.31. The Bertz CT molecular complexity index is 708. The first-order valence-corrected chi connectivity index (χ1v) is 8.49. The zero-order valence-corrected chi connectivity index (χ0v) is 14.2. The van der Waals surface area contributed by atoms with Crippen LogP contribution in [0.15, 0.2) is 49.1 Å². The first-order chi connectivity index (χ1) is 12.4. The molecule has 1 aliphatic heterocycles. The molecular weight excluding hydrogens is 345 g/mol. The Morgan fingerprint density at radius 1 is 1.19 bits per heavy atom. The number of carbonyl (C=O) groups is 1. The average molecular weight is 366 g/mol. The summed E-state index contributed by atoms with van der Waals surface area (Å²) in [4.78, 5) is 18.8. The molecule has 1 aromatic carbocycles. The van der Waals surface area contributed by atoms with E-state index in [0.717, 1.165) is 6.54 Å². The zero-order valence-electron chi connectivity index (χ0n) is 14.2. The number of likely N-dealkylation sites (tertiary alicyclic amines) is 1. The third kappa shape index (κ3) is 4.24. The van der Waals surface area contributed by atoms with Crippen LogP contribution in [0.4, 0.5) is 13.2 Å². The maximum atomic E-state index is 12.7. The van der Waals surface area contributed by atoms with Crippen molar-refractivity contribution < 1.29 is 18.0 Å². The van der Waals surface area contributed by atoms with Gasteiger partial charge in [0, 0.05) is 32.0 Å². The summed E-state index contributed by atoms with van der Waals surface area (Å²) in [7, 11) is 0. The maximum Gasteiger partial charge on any atom is 0.405 e. The van der Waals surface area contributed by atoms with Crippen molar-refractivity contribution in [1.29, 1.82) is 0 Å². The molecule has 1 fully saturated rings. The van der Waals surface area contributed by atoms with Gasteiger partial charge in [-0.15, -0.1) is 0 Å². The monoisotopic (exact) mass is 366 g/mol. The fraction of sp³-hybridized carbons (Fsp3) is 0.444. The fourth-order valence-corrected chi connectivity index (χ4v) is 3.38. The highest BCUT2D eigenvalue weighted by molar-refractivity contribution is 5.84. The lowest BCUT2D eigenvalue weighted by Crippen LogP contribution is -2.55. The summed E-state index contributed by atoms with van der Waals surface area (Å²) in [5, 5.41) is 2.05. The van der Waals surface area contributed by atoms with E-state index in [1.807, 2.05) is 30.3 Å². The van der Waals surface area contributed by atoms with Gasteiger partial charge in [-0.3, -0.25) is 9.69 Å². The van der Waals surface area contributed by atoms with Gasteiger partial charge in [0.1, 0.15) is 12.1 Å². The van der Waals surface area contributed by atoms with Gasteiger partial charge in [-0.25, -0.2) is 4.98 Å². The van der Waals surface area contributed by atoms with Crippen LogP contribution in [0.1, 0.15) is 18.4 Å². The molecule has 3 rings (SSSR count). The van der Waals surface area contributed by atoms with Gasteiger partial charge in [0.25, 0.3) is 0 Å². The van der Waals surface area contributed by atoms with Crippen molar-refractivity contribution in [2.45, 2.75) is 31.1 Å². The summed E-state index contributed by atoms with van der Waals surface area (Å²) >= 11 is 0. The van der Waals surface area contributed by atoms with Gasteiger partial charge < -0.3 is 9.88 Å². The molecule has 0 saturated carbocycles. The normalized spacial score (nSPS) is 17.8. The van der Waals surface area contributed by atoms with Crippen molar-refractivity contribution in [1.82, 2.24) is 19.8 Å². The number of nitrogens with one attached hydrogen (secondary N) is 1. The number of amides is 1. The standard InChI is InChI=1S/C18H21F3N4O/c19-18(20,21)13-23-16(26)17(25-11-8-22-14-25)6-9-24(10-7-17)12-15-4-2-1-3-5-15/h1-5,8,11,14H,6-7,9-10,12-13H2,(H,23,26). The molecule has 1 aromatic heterocycles. The number of alkyl halides is 3. The minimum absolute atomic E-state index is 0.430. The van der Waals surface area contributed by atoms with E-state index >= 15 is 0 Å². The number of carbonyl (C=O) groups excluding carboxylic acids is 1. The molecule has 1 aliphatic rings. The first kappa shape index (κ1) is 18.4. The molecule has 26 heavy (non-hydrogen) atoms. The van der Waals surface area contributed by atoms with Crippen LogP contribution < -0.4 is 5.32 Å². The Hall–Kier alpha value is -2.35. The predicted molar refractivity (Wildman–Crippen MR) is 90.2 cm³/mol. The van der Waals surface area contributed by atoms with Crippen LogP contribution in [-0.2, 0) is 16.9 Å². The van der Waals surface area contributed by atoms with E-state index < -0.39 is 24.2 Å². The van der Waals surface area contributed by atoms with Gasteiger partial charge in [0.2, 0.25) is 5.91 Å². The molecule has 1 N–H and O–H groups in total. The Morgan fingerprint density at radius 3 is 2.46 bits per heavy atom. The van der Waals surface area contributed by atoms with Gasteiger partial charge in [-0.1, -0.05) is 30.3 Å². The molecule has 0 aliphatic carbocycles. The fourth-order valence-electron chi connectivity index (χ4n) is 3.38. The molecule has 1 saturated heterocycles. The summed E-state index contributed by atoms with van der Waals surface area (Å²) in [6.45, 7) is 0.667. The molecule has 0 radical (unpaired) electrons.